The van der Waals surface area contributed by atoms with Gasteiger partial charge in [-0.3, -0.25) is 4.79 Å². The summed E-state index contributed by atoms with van der Waals surface area (Å²) in [4.78, 5) is 20.2. The number of nitrogens with one attached hydrogen (secondary N) is 1. The number of carbonyl (C=O) groups is 1. The summed E-state index contributed by atoms with van der Waals surface area (Å²) in [6, 6.07) is 0. The van der Waals surface area contributed by atoms with Crippen LogP contribution in [0.5, 0.6) is 0 Å². The molecule has 1 amide bonds. The van der Waals surface area contributed by atoms with Crippen molar-refractivity contribution in [3.8, 4) is 0 Å². The maximum Gasteiger partial charge on any atom is 0.272 e. The number of nitrogens with zero attached hydrogens (tertiary/aromatic N) is 3. The van der Waals surface area contributed by atoms with Crippen molar-refractivity contribution in [3.05, 3.63) is 23.8 Å². The highest BCUT2D eigenvalue weighted by molar-refractivity contribution is 6.13. The Morgan fingerprint density at radius 1 is 1.48 bits per heavy atom. The normalized spacial score (nSPS) is 31.8. The van der Waals surface area contributed by atoms with Crippen molar-refractivity contribution in [1.82, 2.24) is 14.5 Å². The Hall–Kier alpha value is -2.53. The van der Waals surface area contributed by atoms with Crippen LogP contribution in [0.4, 0.5) is 5.82 Å². The van der Waals surface area contributed by atoms with Crippen LogP contribution in [-0.4, -0.2) is 60.2 Å². The van der Waals surface area contributed by atoms with Crippen LogP contribution in [-0.2, 0) is 9.53 Å². The van der Waals surface area contributed by atoms with Gasteiger partial charge in [0.25, 0.3) is 5.91 Å². The molecule has 1 fully saturated rings. The van der Waals surface area contributed by atoms with Gasteiger partial charge in [0.05, 0.1) is 17.7 Å². The van der Waals surface area contributed by atoms with E-state index in [4.69, 9.17) is 10.5 Å². The average molecular weight is 347 g/mol. The van der Waals surface area contributed by atoms with Gasteiger partial charge >= 0.3 is 0 Å². The highest BCUT2D eigenvalue weighted by atomic mass is 16.6. The monoisotopic (exact) mass is 347 g/mol. The Balaban J connectivity index is 1.92. The fraction of sp³-hybridized carbons (Fsp3) is 0.400. The summed E-state index contributed by atoms with van der Waals surface area (Å²) in [5.74, 6) is -0.181. The average Bonchev–Trinajstić information content (AvgIpc) is 2.99. The number of aliphatic hydroxyl groups is 3. The van der Waals surface area contributed by atoms with Crippen LogP contribution in [0.25, 0.3) is 17.1 Å². The van der Waals surface area contributed by atoms with Crippen molar-refractivity contribution in [2.75, 3.05) is 11.9 Å². The maximum atomic E-state index is 11.9. The summed E-state index contributed by atoms with van der Waals surface area (Å²) >= 11 is 0. The van der Waals surface area contributed by atoms with Gasteiger partial charge in [-0.2, -0.15) is 0 Å². The molecule has 0 spiro atoms. The molecule has 10 heteroatoms. The number of aromatic nitrogens is 3. The van der Waals surface area contributed by atoms with E-state index in [1.807, 2.05) is 0 Å². The first-order valence-corrected chi connectivity index (χ1v) is 7.65. The Labute approximate surface area is 141 Å². The molecule has 0 aromatic carbocycles. The number of carbonyl (C=O) groups excluding carboxylic acids is 1. The molecule has 0 radical (unpaired) electrons. The Morgan fingerprint density at radius 2 is 2.24 bits per heavy atom. The van der Waals surface area contributed by atoms with Gasteiger partial charge in [-0.05, 0) is 13.0 Å². The molecule has 0 bridgehead atoms. The minimum absolute atomic E-state index is 0.00409. The Kier molecular flexibility index (Phi) is 3.34. The smallest absolute Gasteiger partial charge is 0.272 e. The number of anilines is 1. The van der Waals surface area contributed by atoms with Crippen LogP contribution in [0.1, 0.15) is 18.7 Å². The fourth-order valence-electron chi connectivity index (χ4n) is 3.30. The number of aliphatic hydroxyl groups excluding tert-OH is 2. The Morgan fingerprint density at radius 3 is 2.92 bits per heavy atom. The van der Waals surface area contributed by atoms with E-state index in [9.17, 15) is 20.1 Å². The molecule has 6 N–H and O–H groups in total. The van der Waals surface area contributed by atoms with Crippen molar-refractivity contribution >= 4 is 28.8 Å². The third kappa shape index (κ3) is 2.15. The number of rotatable bonds is 2. The maximum absolute atomic E-state index is 11.9. The molecule has 0 aliphatic carbocycles. The highest BCUT2D eigenvalue weighted by Gasteiger charge is 2.53. The van der Waals surface area contributed by atoms with E-state index in [2.05, 4.69) is 15.3 Å². The van der Waals surface area contributed by atoms with Gasteiger partial charge in [-0.15, -0.1) is 0 Å². The van der Waals surface area contributed by atoms with Gasteiger partial charge in [0.1, 0.15) is 35.6 Å². The molecule has 4 atom stereocenters. The second kappa shape index (κ2) is 5.23. The zero-order valence-corrected chi connectivity index (χ0v) is 13.2. The predicted molar refractivity (Wildman–Crippen MR) is 85.9 cm³/mol. The lowest BCUT2D eigenvalue weighted by atomic mass is 9.96. The van der Waals surface area contributed by atoms with Gasteiger partial charge in [-0.1, -0.05) is 0 Å². The van der Waals surface area contributed by atoms with E-state index >= 15 is 0 Å². The van der Waals surface area contributed by atoms with Crippen molar-refractivity contribution in [2.45, 2.75) is 31.0 Å². The molecule has 25 heavy (non-hydrogen) atoms. The van der Waals surface area contributed by atoms with Gasteiger partial charge in [0, 0.05) is 11.8 Å². The molecule has 1 saturated heterocycles. The molecule has 132 valence electrons. The minimum Gasteiger partial charge on any atom is -0.394 e. The largest absolute Gasteiger partial charge is 0.394 e. The number of hydrogen-bond acceptors (Lipinski definition) is 8. The predicted octanol–water partition coefficient (Wildman–Crippen LogP) is -1.32. The SMILES string of the molecule is C[C@@]1(O)[C@H](O)[C@@H](CO)O[C@H]1n1cc2c3c(ncnc31)NC(=O)C(N)=C2. The van der Waals surface area contributed by atoms with E-state index in [0.717, 1.165) is 0 Å². The number of nitrogens with two attached hydrogens (primary N) is 1. The Bertz CT molecular complexity index is 905. The first-order chi connectivity index (χ1) is 11.8. The molecule has 0 saturated carbocycles. The van der Waals surface area contributed by atoms with Gasteiger partial charge in [0.2, 0.25) is 0 Å². The molecule has 2 aromatic rings. The minimum atomic E-state index is -1.66. The molecule has 10 nitrogen and oxygen atoms in total. The van der Waals surface area contributed by atoms with E-state index in [-0.39, 0.29) is 11.5 Å². The van der Waals surface area contributed by atoms with Crippen LogP contribution >= 0.6 is 0 Å². The van der Waals surface area contributed by atoms with E-state index in [1.54, 1.807) is 6.20 Å². The topological polar surface area (TPSA) is 156 Å². The van der Waals surface area contributed by atoms with Crippen LogP contribution < -0.4 is 11.1 Å². The van der Waals surface area contributed by atoms with Crippen LogP contribution in [0.2, 0.25) is 0 Å². The summed E-state index contributed by atoms with van der Waals surface area (Å²) < 4.78 is 7.18. The van der Waals surface area contributed by atoms with Crippen LogP contribution in [0, 0.1) is 0 Å². The lowest BCUT2D eigenvalue weighted by Crippen LogP contribution is -2.44. The first-order valence-electron chi connectivity index (χ1n) is 7.65. The molecule has 2 aliphatic heterocycles. The molecule has 4 heterocycles. The quantitative estimate of drug-likeness (QED) is 0.448. The summed E-state index contributed by atoms with van der Waals surface area (Å²) in [5, 5.41) is 33.4. The molecular weight excluding hydrogens is 330 g/mol. The summed E-state index contributed by atoms with van der Waals surface area (Å²) in [5.41, 5.74) is 5.06. The number of hydrogen-bond donors (Lipinski definition) is 5. The van der Waals surface area contributed by atoms with Crippen LogP contribution in [0.3, 0.4) is 0 Å². The molecule has 4 rings (SSSR count). The number of ether oxygens (including phenoxy) is 1. The third-order valence-corrected chi connectivity index (χ3v) is 4.63. The second-order valence-corrected chi connectivity index (χ2v) is 6.35. The molecule has 2 aromatic heterocycles. The third-order valence-electron chi connectivity index (χ3n) is 4.63. The summed E-state index contributed by atoms with van der Waals surface area (Å²) in [6.07, 6.45) is 1.15. The van der Waals surface area contributed by atoms with E-state index < -0.39 is 36.6 Å². The lowest BCUT2D eigenvalue weighted by Gasteiger charge is -2.27. The number of amides is 1. The lowest BCUT2D eigenvalue weighted by molar-refractivity contribution is -0.112. The van der Waals surface area contributed by atoms with E-state index in [0.29, 0.717) is 16.6 Å². The molecule has 2 aliphatic rings. The second-order valence-electron chi connectivity index (χ2n) is 6.35. The molecular formula is C15H17N5O5. The van der Waals surface area contributed by atoms with Crippen molar-refractivity contribution in [3.63, 3.8) is 0 Å². The fourth-order valence-corrected chi connectivity index (χ4v) is 3.30. The van der Waals surface area contributed by atoms with Gasteiger partial charge in [0.15, 0.2) is 6.23 Å². The van der Waals surface area contributed by atoms with Crippen molar-refractivity contribution < 1.29 is 24.9 Å². The highest BCUT2D eigenvalue weighted by Crippen LogP contribution is 2.41. The zero-order valence-electron chi connectivity index (χ0n) is 13.2. The summed E-state index contributed by atoms with van der Waals surface area (Å²) in [7, 11) is 0. The van der Waals surface area contributed by atoms with Crippen LogP contribution in [0.15, 0.2) is 18.2 Å². The summed E-state index contributed by atoms with van der Waals surface area (Å²) in [6.45, 7) is 0.979. The zero-order chi connectivity index (χ0) is 17.9. The standard InChI is InChI=1S/C15H17N5O5/c1-15(24)10(22)8(4-21)25-14(15)20-3-6-2-7(16)13(23)19-11-9(6)12(20)18-5-17-11/h2-3,5,8,10,14,21-22,24H,4,16H2,1H3,(H,17,18,19,23)/t8-,10-,14-,15-/m1/s1. The first kappa shape index (κ1) is 16.0. The van der Waals surface area contributed by atoms with Gasteiger partial charge in [-0.25, -0.2) is 9.97 Å². The molecule has 0 unspecified atom stereocenters. The van der Waals surface area contributed by atoms with Crippen molar-refractivity contribution in [2.24, 2.45) is 5.73 Å². The van der Waals surface area contributed by atoms with Gasteiger partial charge < -0.3 is 35.7 Å². The van der Waals surface area contributed by atoms with Crippen molar-refractivity contribution in [1.29, 1.82) is 0 Å². The van der Waals surface area contributed by atoms with E-state index in [1.165, 1.54) is 23.9 Å².